The van der Waals surface area contributed by atoms with E-state index in [-0.39, 0.29) is 0 Å². The van der Waals surface area contributed by atoms with Crippen LogP contribution < -0.4 is 0 Å². The highest BCUT2D eigenvalue weighted by atomic mass is 14.9. The second-order valence-corrected chi connectivity index (χ2v) is 3.36. The quantitative estimate of drug-likeness (QED) is 0.581. The van der Waals surface area contributed by atoms with Gasteiger partial charge in [-0.25, -0.2) is 4.98 Å². The first-order chi connectivity index (χ1) is 6.84. The molecule has 68 valence electrons. The van der Waals surface area contributed by atoms with Gasteiger partial charge in [0.2, 0.25) is 0 Å². The molecule has 2 heterocycles. The molecule has 1 aromatic carbocycles. The van der Waals surface area contributed by atoms with Crippen molar-refractivity contribution in [3.8, 4) is 0 Å². The standard InChI is InChI=1S/C11H9N3/c1-7-13-9-5-4-8-3-2-6-12-10(8)11(9)14-7/h2-6H,1H3,(H,13,14). The highest BCUT2D eigenvalue weighted by Gasteiger charge is 2.04. The second kappa shape index (κ2) is 2.54. The van der Waals surface area contributed by atoms with E-state index in [9.17, 15) is 0 Å². The third kappa shape index (κ3) is 0.923. The van der Waals surface area contributed by atoms with Gasteiger partial charge in [-0.3, -0.25) is 4.98 Å². The smallest absolute Gasteiger partial charge is 0.115 e. The number of aromatic amines is 1. The molecule has 0 amide bonds. The largest absolute Gasteiger partial charge is 0.342 e. The lowest BCUT2D eigenvalue weighted by Crippen LogP contribution is -1.79. The minimum Gasteiger partial charge on any atom is -0.342 e. The van der Waals surface area contributed by atoms with E-state index in [0.29, 0.717) is 0 Å². The minimum absolute atomic E-state index is 0.929. The molecular weight excluding hydrogens is 174 g/mol. The summed E-state index contributed by atoms with van der Waals surface area (Å²) in [6.07, 6.45) is 1.80. The summed E-state index contributed by atoms with van der Waals surface area (Å²) in [7, 11) is 0. The number of pyridine rings is 1. The number of rotatable bonds is 0. The first-order valence-electron chi connectivity index (χ1n) is 4.55. The fourth-order valence-corrected chi connectivity index (χ4v) is 1.73. The Morgan fingerprint density at radius 2 is 2.07 bits per heavy atom. The molecule has 0 aliphatic rings. The van der Waals surface area contributed by atoms with Gasteiger partial charge in [-0.2, -0.15) is 0 Å². The highest BCUT2D eigenvalue weighted by Crippen LogP contribution is 2.20. The van der Waals surface area contributed by atoms with Gasteiger partial charge in [-0.05, 0) is 19.1 Å². The van der Waals surface area contributed by atoms with Crippen LogP contribution in [0.1, 0.15) is 5.82 Å². The van der Waals surface area contributed by atoms with E-state index in [1.54, 1.807) is 6.20 Å². The number of imidazole rings is 1. The molecule has 0 saturated carbocycles. The number of fused-ring (bicyclic) bond motifs is 3. The molecule has 0 radical (unpaired) electrons. The van der Waals surface area contributed by atoms with Gasteiger partial charge in [0.1, 0.15) is 11.3 Å². The highest BCUT2D eigenvalue weighted by molar-refractivity contribution is 6.01. The van der Waals surface area contributed by atoms with Crippen molar-refractivity contribution < 1.29 is 0 Å². The van der Waals surface area contributed by atoms with Crippen LogP contribution in [0.4, 0.5) is 0 Å². The van der Waals surface area contributed by atoms with Gasteiger partial charge in [0, 0.05) is 11.6 Å². The Bertz CT molecular complexity index is 610. The zero-order valence-corrected chi connectivity index (χ0v) is 7.78. The van der Waals surface area contributed by atoms with Crippen LogP contribution >= 0.6 is 0 Å². The van der Waals surface area contributed by atoms with Gasteiger partial charge in [-0.1, -0.05) is 12.1 Å². The van der Waals surface area contributed by atoms with E-state index >= 15 is 0 Å². The maximum atomic E-state index is 4.42. The summed E-state index contributed by atoms with van der Waals surface area (Å²) in [6, 6.07) is 8.08. The fraction of sp³-hybridized carbons (Fsp3) is 0.0909. The van der Waals surface area contributed by atoms with Crippen molar-refractivity contribution in [2.45, 2.75) is 6.92 Å². The minimum atomic E-state index is 0.929. The van der Waals surface area contributed by atoms with E-state index < -0.39 is 0 Å². The normalized spacial score (nSPS) is 11.2. The topological polar surface area (TPSA) is 41.6 Å². The van der Waals surface area contributed by atoms with Crippen molar-refractivity contribution in [1.29, 1.82) is 0 Å². The van der Waals surface area contributed by atoms with Crippen molar-refractivity contribution in [3.05, 3.63) is 36.3 Å². The molecule has 2 aromatic heterocycles. The van der Waals surface area contributed by atoms with Crippen molar-refractivity contribution in [2.24, 2.45) is 0 Å². The number of H-pyrrole nitrogens is 1. The van der Waals surface area contributed by atoms with Crippen LogP contribution in [0.25, 0.3) is 21.9 Å². The fourth-order valence-electron chi connectivity index (χ4n) is 1.73. The molecule has 0 bridgehead atoms. The van der Waals surface area contributed by atoms with Gasteiger partial charge < -0.3 is 4.98 Å². The molecule has 0 saturated heterocycles. The number of hydrogen-bond donors (Lipinski definition) is 1. The van der Waals surface area contributed by atoms with E-state index in [0.717, 1.165) is 27.8 Å². The molecule has 0 aliphatic carbocycles. The Hall–Kier alpha value is -1.90. The molecule has 3 nitrogen and oxygen atoms in total. The van der Waals surface area contributed by atoms with Crippen molar-refractivity contribution >= 4 is 21.9 Å². The van der Waals surface area contributed by atoms with Gasteiger partial charge in [0.05, 0.1) is 11.0 Å². The summed E-state index contributed by atoms with van der Waals surface area (Å²) < 4.78 is 0. The Labute approximate surface area is 80.8 Å². The summed E-state index contributed by atoms with van der Waals surface area (Å²) in [4.78, 5) is 12.0. The predicted molar refractivity (Wildman–Crippen MR) is 56.1 cm³/mol. The molecule has 1 N–H and O–H groups in total. The zero-order chi connectivity index (χ0) is 9.54. The molecule has 14 heavy (non-hydrogen) atoms. The van der Waals surface area contributed by atoms with E-state index in [2.05, 4.69) is 21.0 Å². The molecular formula is C11H9N3. The number of aryl methyl sites for hydroxylation is 1. The monoisotopic (exact) mass is 183 g/mol. The van der Waals surface area contributed by atoms with Crippen LogP contribution in [-0.2, 0) is 0 Å². The van der Waals surface area contributed by atoms with Gasteiger partial charge in [-0.15, -0.1) is 0 Å². The summed E-state index contributed by atoms with van der Waals surface area (Å²) in [5.41, 5.74) is 2.98. The Balaban J connectivity index is 2.60. The summed E-state index contributed by atoms with van der Waals surface area (Å²) in [5, 5.41) is 1.13. The lowest BCUT2D eigenvalue weighted by Gasteiger charge is -1.95. The van der Waals surface area contributed by atoms with Crippen LogP contribution in [0.15, 0.2) is 30.5 Å². The van der Waals surface area contributed by atoms with E-state index in [1.165, 1.54) is 0 Å². The van der Waals surface area contributed by atoms with E-state index in [4.69, 9.17) is 0 Å². The molecule has 0 fully saturated rings. The lowest BCUT2D eigenvalue weighted by molar-refractivity contribution is 1.17. The average molecular weight is 183 g/mol. The van der Waals surface area contributed by atoms with Crippen LogP contribution in [0.5, 0.6) is 0 Å². The van der Waals surface area contributed by atoms with Crippen molar-refractivity contribution in [1.82, 2.24) is 15.0 Å². The molecule has 3 aromatic rings. The van der Waals surface area contributed by atoms with E-state index in [1.807, 2.05) is 25.1 Å². The molecule has 0 unspecified atom stereocenters. The predicted octanol–water partition coefficient (Wildman–Crippen LogP) is 2.42. The Morgan fingerprint density at radius 3 is 3.00 bits per heavy atom. The van der Waals surface area contributed by atoms with Gasteiger partial charge in [0.25, 0.3) is 0 Å². The summed E-state index contributed by atoms with van der Waals surface area (Å²) in [5.74, 6) is 0.929. The van der Waals surface area contributed by atoms with Crippen molar-refractivity contribution in [3.63, 3.8) is 0 Å². The average Bonchev–Trinajstić information content (AvgIpc) is 2.59. The number of aromatic nitrogens is 3. The molecule has 0 spiro atoms. The molecule has 3 rings (SSSR count). The van der Waals surface area contributed by atoms with Crippen LogP contribution in [-0.4, -0.2) is 15.0 Å². The SMILES string of the molecule is Cc1nc2c(ccc3cccnc32)[nH]1. The Kier molecular flexibility index (Phi) is 1.36. The summed E-state index contributed by atoms with van der Waals surface area (Å²) in [6.45, 7) is 1.95. The third-order valence-electron chi connectivity index (χ3n) is 2.34. The second-order valence-electron chi connectivity index (χ2n) is 3.36. The molecule has 0 atom stereocenters. The van der Waals surface area contributed by atoms with Gasteiger partial charge in [0.15, 0.2) is 0 Å². The lowest BCUT2D eigenvalue weighted by atomic mass is 10.2. The molecule has 0 aliphatic heterocycles. The zero-order valence-electron chi connectivity index (χ0n) is 7.78. The van der Waals surface area contributed by atoms with Crippen LogP contribution in [0, 0.1) is 6.92 Å². The van der Waals surface area contributed by atoms with Crippen LogP contribution in [0.2, 0.25) is 0 Å². The first kappa shape index (κ1) is 7.50. The summed E-state index contributed by atoms with van der Waals surface area (Å²) >= 11 is 0. The van der Waals surface area contributed by atoms with Crippen molar-refractivity contribution in [2.75, 3.05) is 0 Å². The number of benzene rings is 1. The maximum absolute atomic E-state index is 4.42. The first-order valence-corrected chi connectivity index (χ1v) is 4.55. The Morgan fingerprint density at radius 1 is 1.14 bits per heavy atom. The number of nitrogens with zero attached hydrogens (tertiary/aromatic N) is 2. The van der Waals surface area contributed by atoms with Gasteiger partial charge >= 0.3 is 0 Å². The number of nitrogens with one attached hydrogen (secondary N) is 1. The number of hydrogen-bond acceptors (Lipinski definition) is 2. The maximum Gasteiger partial charge on any atom is 0.115 e. The van der Waals surface area contributed by atoms with Crippen LogP contribution in [0.3, 0.4) is 0 Å². The molecule has 3 heteroatoms. The third-order valence-corrected chi connectivity index (χ3v) is 2.34.